The Kier molecular flexibility index (Phi) is 6.01. The van der Waals surface area contributed by atoms with Gasteiger partial charge >= 0.3 is 0 Å². The van der Waals surface area contributed by atoms with E-state index in [-0.39, 0.29) is 18.3 Å². The quantitative estimate of drug-likeness (QED) is 0.668. The highest BCUT2D eigenvalue weighted by atomic mass is 19.1. The van der Waals surface area contributed by atoms with Gasteiger partial charge < -0.3 is 15.4 Å². The monoisotopic (exact) mass is 378 g/mol. The number of halogens is 1. The summed E-state index contributed by atoms with van der Waals surface area (Å²) in [5, 5.41) is 5.47. The second-order valence-electron chi connectivity index (χ2n) is 6.16. The van der Waals surface area contributed by atoms with Crippen LogP contribution in [-0.2, 0) is 4.79 Å². The van der Waals surface area contributed by atoms with Crippen molar-refractivity contribution in [1.29, 1.82) is 0 Å². The summed E-state index contributed by atoms with van der Waals surface area (Å²) in [4.78, 5) is 24.8. The van der Waals surface area contributed by atoms with Crippen molar-refractivity contribution < 1.29 is 18.7 Å². The molecule has 0 aliphatic carbocycles. The molecule has 0 radical (unpaired) electrons. The van der Waals surface area contributed by atoms with E-state index in [1.807, 2.05) is 25.1 Å². The van der Waals surface area contributed by atoms with Crippen molar-refractivity contribution in [3.05, 3.63) is 89.7 Å². The van der Waals surface area contributed by atoms with E-state index < -0.39 is 11.7 Å². The van der Waals surface area contributed by atoms with E-state index in [9.17, 15) is 14.0 Å². The first-order valence-electron chi connectivity index (χ1n) is 8.66. The summed E-state index contributed by atoms with van der Waals surface area (Å²) in [6.45, 7) is 1.62. The summed E-state index contributed by atoms with van der Waals surface area (Å²) in [5.41, 5.74) is 2.37. The van der Waals surface area contributed by atoms with Crippen molar-refractivity contribution >= 4 is 23.2 Å². The SMILES string of the molecule is Cc1cccc(NC(=O)c2ccccc2NC(=O)COc2cccc(F)c2)c1. The molecular weight excluding hydrogens is 359 g/mol. The summed E-state index contributed by atoms with van der Waals surface area (Å²) in [6.07, 6.45) is 0. The van der Waals surface area contributed by atoms with Crippen LogP contribution in [0.25, 0.3) is 0 Å². The lowest BCUT2D eigenvalue weighted by Crippen LogP contribution is -2.22. The molecule has 6 heteroatoms. The van der Waals surface area contributed by atoms with Crippen LogP contribution in [0.15, 0.2) is 72.8 Å². The Bertz CT molecular complexity index is 1000. The second kappa shape index (κ2) is 8.81. The highest BCUT2D eigenvalue weighted by Crippen LogP contribution is 2.18. The lowest BCUT2D eigenvalue weighted by molar-refractivity contribution is -0.118. The Morgan fingerprint density at radius 3 is 2.50 bits per heavy atom. The average Bonchev–Trinajstić information content (AvgIpc) is 2.67. The smallest absolute Gasteiger partial charge is 0.262 e. The molecule has 2 N–H and O–H groups in total. The Morgan fingerprint density at radius 1 is 0.929 bits per heavy atom. The summed E-state index contributed by atoms with van der Waals surface area (Å²) < 4.78 is 18.4. The molecule has 28 heavy (non-hydrogen) atoms. The van der Waals surface area contributed by atoms with Gasteiger partial charge in [-0.1, -0.05) is 30.3 Å². The number of hydrogen-bond acceptors (Lipinski definition) is 3. The van der Waals surface area contributed by atoms with Crippen LogP contribution in [0.5, 0.6) is 5.75 Å². The summed E-state index contributed by atoms with van der Waals surface area (Å²) in [5.74, 6) is -0.996. The normalized spacial score (nSPS) is 10.2. The molecule has 0 aliphatic rings. The fourth-order valence-corrected chi connectivity index (χ4v) is 2.60. The standard InChI is InChI=1S/C22H19FN2O3/c1-15-6-4-8-17(12-15)24-22(27)19-10-2-3-11-20(19)25-21(26)14-28-18-9-5-7-16(23)13-18/h2-13H,14H2,1H3,(H,24,27)(H,25,26). The first-order chi connectivity index (χ1) is 13.5. The third kappa shape index (κ3) is 5.17. The summed E-state index contributed by atoms with van der Waals surface area (Å²) in [6, 6.07) is 19.6. The number of nitrogens with one attached hydrogen (secondary N) is 2. The van der Waals surface area contributed by atoms with Gasteiger partial charge in [0, 0.05) is 11.8 Å². The molecule has 142 valence electrons. The number of hydrogen-bond donors (Lipinski definition) is 2. The van der Waals surface area contributed by atoms with Gasteiger partial charge in [-0.2, -0.15) is 0 Å². The first-order valence-corrected chi connectivity index (χ1v) is 8.66. The van der Waals surface area contributed by atoms with Crippen LogP contribution in [0.4, 0.5) is 15.8 Å². The zero-order chi connectivity index (χ0) is 19.9. The van der Waals surface area contributed by atoms with Crippen molar-refractivity contribution in [1.82, 2.24) is 0 Å². The van der Waals surface area contributed by atoms with Gasteiger partial charge in [0.15, 0.2) is 6.61 Å². The van der Waals surface area contributed by atoms with Crippen LogP contribution >= 0.6 is 0 Å². The van der Waals surface area contributed by atoms with Crippen LogP contribution in [-0.4, -0.2) is 18.4 Å². The van der Waals surface area contributed by atoms with Gasteiger partial charge in [-0.05, 0) is 48.9 Å². The minimum absolute atomic E-state index is 0.251. The van der Waals surface area contributed by atoms with Crippen LogP contribution in [0.1, 0.15) is 15.9 Å². The molecule has 3 rings (SSSR count). The Balaban J connectivity index is 1.66. The van der Waals surface area contributed by atoms with Gasteiger partial charge in [0.2, 0.25) is 0 Å². The molecule has 0 atom stereocenters. The lowest BCUT2D eigenvalue weighted by Gasteiger charge is -2.12. The third-order valence-corrected chi connectivity index (χ3v) is 3.89. The van der Waals surface area contributed by atoms with Gasteiger partial charge in [-0.3, -0.25) is 9.59 Å². The number of carbonyl (C=O) groups excluding carboxylic acids is 2. The molecule has 2 amide bonds. The fourth-order valence-electron chi connectivity index (χ4n) is 2.60. The minimum Gasteiger partial charge on any atom is -0.484 e. The second-order valence-corrected chi connectivity index (χ2v) is 6.16. The number of anilines is 2. The predicted octanol–water partition coefficient (Wildman–Crippen LogP) is 4.40. The van der Waals surface area contributed by atoms with Crippen molar-refractivity contribution in [3.63, 3.8) is 0 Å². The molecule has 0 heterocycles. The molecule has 3 aromatic carbocycles. The maximum atomic E-state index is 13.2. The van der Waals surface area contributed by atoms with E-state index in [2.05, 4.69) is 10.6 Å². The molecule has 5 nitrogen and oxygen atoms in total. The molecule has 0 unspecified atom stereocenters. The largest absolute Gasteiger partial charge is 0.484 e. The molecule has 0 saturated carbocycles. The number of para-hydroxylation sites is 1. The fraction of sp³-hybridized carbons (Fsp3) is 0.0909. The molecule has 0 aliphatic heterocycles. The number of benzene rings is 3. The Hall–Kier alpha value is -3.67. The van der Waals surface area contributed by atoms with Crippen LogP contribution in [0.3, 0.4) is 0 Å². The van der Waals surface area contributed by atoms with Crippen LogP contribution in [0.2, 0.25) is 0 Å². The zero-order valence-corrected chi connectivity index (χ0v) is 15.2. The van der Waals surface area contributed by atoms with Crippen LogP contribution in [0, 0.1) is 12.7 Å². The topological polar surface area (TPSA) is 67.4 Å². The van der Waals surface area contributed by atoms with E-state index in [0.29, 0.717) is 16.9 Å². The minimum atomic E-state index is -0.458. The molecule has 0 fully saturated rings. The van der Waals surface area contributed by atoms with Gasteiger partial charge in [0.05, 0.1) is 11.3 Å². The summed E-state index contributed by atoms with van der Waals surface area (Å²) in [7, 11) is 0. The number of ether oxygens (including phenoxy) is 1. The first kappa shape index (κ1) is 19.1. The van der Waals surface area contributed by atoms with E-state index >= 15 is 0 Å². The third-order valence-electron chi connectivity index (χ3n) is 3.89. The highest BCUT2D eigenvalue weighted by molar-refractivity contribution is 6.10. The molecule has 0 saturated heterocycles. The van der Waals surface area contributed by atoms with E-state index in [1.165, 1.54) is 18.2 Å². The van der Waals surface area contributed by atoms with Gasteiger partial charge in [-0.15, -0.1) is 0 Å². The molecule has 0 bridgehead atoms. The predicted molar refractivity (Wildman–Crippen MR) is 106 cm³/mol. The van der Waals surface area contributed by atoms with Gasteiger partial charge in [0.1, 0.15) is 11.6 Å². The van der Waals surface area contributed by atoms with Crippen molar-refractivity contribution in [2.75, 3.05) is 17.2 Å². The van der Waals surface area contributed by atoms with E-state index in [1.54, 1.807) is 36.4 Å². The van der Waals surface area contributed by atoms with Crippen molar-refractivity contribution in [3.8, 4) is 5.75 Å². The number of aryl methyl sites for hydroxylation is 1. The van der Waals surface area contributed by atoms with E-state index in [0.717, 1.165) is 5.56 Å². The maximum Gasteiger partial charge on any atom is 0.262 e. The molecule has 3 aromatic rings. The summed E-state index contributed by atoms with van der Waals surface area (Å²) >= 11 is 0. The molecular formula is C22H19FN2O3. The van der Waals surface area contributed by atoms with Crippen molar-refractivity contribution in [2.24, 2.45) is 0 Å². The number of amides is 2. The number of carbonyl (C=O) groups is 2. The van der Waals surface area contributed by atoms with Gasteiger partial charge in [0.25, 0.3) is 11.8 Å². The Labute approximate surface area is 162 Å². The molecule has 0 spiro atoms. The Morgan fingerprint density at radius 2 is 1.71 bits per heavy atom. The zero-order valence-electron chi connectivity index (χ0n) is 15.2. The van der Waals surface area contributed by atoms with Crippen molar-refractivity contribution in [2.45, 2.75) is 6.92 Å². The lowest BCUT2D eigenvalue weighted by atomic mass is 10.1. The van der Waals surface area contributed by atoms with Gasteiger partial charge in [-0.25, -0.2) is 4.39 Å². The number of rotatable bonds is 6. The molecule has 0 aromatic heterocycles. The highest BCUT2D eigenvalue weighted by Gasteiger charge is 2.14. The van der Waals surface area contributed by atoms with E-state index in [4.69, 9.17) is 4.74 Å². The van der Waals surface area contributed by atoms with Crippen LogP contribution < -0.4 is 15.4 Å². The maximum absolute atomic E-state index is 13.2. The average molecular weight is 378 g/mol.